The normalized spacial score (nSPS) is 18.6. The van der Waals surface area contributed by atoms with E-state index in [1.165, 1.54) is 17.7 Å². The first-order valence-electron chi connectivity index (χ1n) is 8.09. The van der Waals surface area contributed by atoms with Crippen molar-refractivity contribution in [2.24, 2.45) is 17.8 Å². The Morgan fingerprint density at radius 2 is 2.05 bits per heavy atom. The van der Waals surface area contributed by atoms with E-state index in [0.29, 0.717) is 5.92 Å². The van der Waals surface area contributed by atoms with Gasteiger partial charge in [-0.25, -0.2) is 9.97 Å². The Kier molecular flexibility index (Phi) is 5.53. The molecule has 0 fully saturated rings. The van der Waals surface area contributed by atoms with Crippen molar-refractivity contribution in [2.45, 2.75) is 53.4 Å². The zero-order valence-corrected chi connectivity index (χ0v) is 13.4. The zero-order chi connectivity index (χ0) is 14.5. The Hall–Kier alpha value is -0.960. The fraction of sp³-hybridized carbons (Fsp3) is 0.765. The minimum absolute atomic E-state index is 0.629. The number of nitrogens with one attached hydrogen (secondary N) is 1. The van der Waals surface area contributed by atoms with Crippen molar-refractivity contribution < 1.29 is 0 Å². The molecule has 112 valence electrons. The van der Waals surface area contributed by atoms with Crippen LogP contribution in [0.2, 0.25) is 0 Å². The number of hydrogen-bond acceptors (Lipinski definition) is 3. The molecule has 1 heterocycles. The lowest BCUT2D eigenvalue weighted by atomic mass is 9.87. The summed E-state index contributed by atoms with van der Waals surface area (Å²) in [5, 5.41) is 3.58. The molecule has 0 radical (unpaired) electrons. The van der Waals surface area contributed by atoms with Crippen LogP contribution >= 0.6 is 0 Å². The monoisotopic (exact) mass is 275 g/mol. The third kappa shape index (κ3) is 4.55. The van der Waals surface area contributed by atoms with Crippen molar-refractivity contribution in [1.82, 2.24) is 15.3 Å². The van der Waals surface area contributed by atoms with E-state index in [4.69, 9.17) is 4.98 Å². The standard InChI is InChI=1S/C17H29N3/c1-12(2)7-17-19-11-15-8-14(5-6-16(15)20-17)10-18-9-13(3)4/h11-14,18H,5-10H2,1-4H3. The number of aromatic nitrogens is 2. The Morgan fingerprint density at radius 1 is 1.25 bits per heavy atom. The summed E-state index contributed by atoms with van der Waals surface area (Å²) < 4.78 is 0. The summed E-state index contributed by atoms with van der Waals surface area (Å²) in [4.78, 5) is 9.31. The molecule has 1 aromatic heterocycles. The Morgan fingerprint density at radius 3 is 2.75 bits per heavy atom. The Balaban J connectivity index is 1.90. The molecular formula is C17H29N3. The highest BCUT2D eigenvalue weighted by atomic mass is 14.9. The largest absolute Gasteiger partial charge is 0.316 e. The molecular weight excluding hydrogens is 246 g/mol. The van der Waals surface area contributed by atoms with Gasteiger partial charge in [-0.3, -0.25) is 0 Å². The van der Waals surface area contributed by atoms with Crippen LogP contribution in [0.3, 0.4) is 0 Å². The maximum Gasteiger partial charge on any atom is 0.128 e. The van der Waals surface area contributed by atoms with Gasteiger partial charge in [0.1, 0.15) is 5.82 Å². The molecule has 1 N–H and O–H groups in total. The lowest BCUT2D eigenvalue weighted by molar-refractivity contribution is 0.404. The molecule has 0 aliphatic heterocycles. The van der Waals surface area contributed by atoms with Gasteiger partial charge >= 0.3 is 0 Å². The maximum absolute atomic E-state index is 4.76. The van der Waals surface area contributed by atoms with Crippen LogP contribution in [0.25, 0.3) is 0 Å². The summed E-state index contributed by atoms with van der Waals surface area (Å²) in [5.41, 5.74) is 2.68. The molecule has 0 saturated heterocycles. The molecule has 1 aliphatic rings. The zero-order valence-electron chi connectivity index (χ0n) is 13.4. The maximum atomic E-state index is 4.76. The number of rotatable bonds is 6. The summed E-state index contributed by atoms with van der Waals surface area (Å²) >= 11 is 0. The molecule has 1 unspecified atom stereocenters. The molecule has 2 rings (SSSR count). The number of hydrogen-bond donors (Lipinski definition) is 1. The smallest absolute Gasteiger partial charge is 0.128 e. The molecule has 0 aromatic carbocycles. The number of nitrogens with zero attached hydrogens (tertiary/aromatic N) is 2. The summed E-state index contributed by atoms with van der Waals surface area (Å²) in [6.07, 6.45) is 6.59. The van der Waals surface area contributed by atoms with Crippen LogP contribution in [0.15, 0.2) is 6.20 Å². The molecule has 3 nitrogen and oxygen atoms in total. The fourth-order valence-electron chi connectivity index (χ4n) is 2.84. The minimum Gasteiger partial charge on any atom is -0.316 e. The molecule has 3 heteroatoms. The van der Waals surface area contributed by atoms with E-state index in [-0.39, 0.29) is 0 Å². The van der Waals surface area contributed by atoms with E-state index in [2.05, 4.69) is 44.2 Å². The summed E-state index contributed by atoms with van der Waals surface area (Å²) in [6, 6.07) is 0. The van der Waals surface area contributed by atoms with E-state index < -0.39 is 0 Å². The molecule has 0 saturated carbocycles. The van der Waals surface area contributed by atoms with Crippen molar-refractivity contribution in [2.75, 3.05) is 13.1 Å². The average Bonchev–Trinajstić information content (AvgIpc) is 2.37. The van der Waals surface area contributed by atoms with E-state index in [1.807, 2.05) is 0 Å². The topological polar surface area (TPSA) is 37.8 Å². The Bertz CT molecular complexity index is 426. The van der Waals surface area contributed by atoms with Crippen molar-refractivity contribution in [1.29, 1.82) is 0 Å². The summed E-state index contributed by atoms with van der Waals surface area (Å²) in [7, 11) is 0. The van der Waals surface area contributed by atoms with Gasteiger partial charge in [0.25, 0.3) is 0 Å². The molecule has 20 heavy (non-hydrogen) atoms. The van der Waals surface area contributed by atoms with Crippen LogP contribution < -0.4 is 5.32 Å². The lowest BCUT2D eigenvalue weighted by Crippen LogP contribution is -2.30. The minimum atomic E-state index is 0.629. The van der Waals surface area contributed by atoms with Crippen molar-refractivity contribution in [3.05, 3.63) is 23.3 Å². The third-order valence-corrected chi connectivity index (χ3v) is 3.88. The van der Waals surface area contributed by atoms with Crippen molar-refractivity contribution >= 4 is 0 Å². The van der Waals surface area contributed by atoms with E-state index in [0.717, 1.165) is 50.0 Å². The van der Waals surface area contributed by atoms with Crippen LogP contribution in [0.5, 0.6) is 0 Å². The first-order valence-corrected chi connectivity index (χ1v) is 8.09. The van der Waals surface area contributed by atoms with Gasteiger partial charge in [0.2, 0.25) is 0 Å². The second-order valence-electron chi connectivity index (χ2n) is 7.02. The highest BCUT2D eigenvalue weighted by Gasteiger charge is 2.20. The number of fused-ring (bicyclic) bond motifs is 1. The van der Waals surface area contributed by atoms with Gasteiger partial charge in [-0.15, -0.1) is 0 Å². The highest BCUT2D eigenvalue weighted by molar-refractivity contribution is 5.21. The summed E-state index contributed by atoms with van der Waals surface area (Å²) in [6.45, 7) is 11.2. The quantitative estimate of drug-likeness (QED) is 0.867. The molecule has 0 spiro atoms. The second kappa shape index (κ2) is 7.16. The van der Waals surface area contributed by atoms with Crippen molar-refractivity contribution in [3.63, 3.8) is 0 Å². The van der Waals surface area contributed by atoms with E-state index >= 15 is 0 Å². The van der Waals surface area contributed by atoms with E-state index in [9.17, 15) is 0 Å². The van der Waals surface area contributed by atoms with Crippen molar-refractivity contribution in [3.8, 4) is 0 Å². The highest BCUT2D eigenvalue weighted by Crippen LogP contribution is 2.23. The SMILES string of the molecule is CC(C)CNCC1CCc2nc(CC(C)C)ncc2C1. The van der Waals surface area contributed by atoms with Crippen LogP contribution in [-0.2, 0) is 19.3 Å². The predicted molar refractivity (Wildman–Crippen MR) is 83.8 cm³/mol. The molecule has 1 aliphatic carbocycles. The Labute approximate surface area is 123 Å². The van der Waals surface area contributed by atoms with Gasteiger partial charge in [-0.1, -0.05) is 27.7 Å². The van der Waals surface area contributed by atoms with Gasteiger partial charge in [-0.2, -0.15) is 0 Å². The predicted octanol–water partition coefficient (Wildman–Crippen LogP) is 3.03. The van der Waals surface area contributed by atoms with Gasteiger partial charge < -0.3 is 5.32 Å². The average molecular weight is 275 g/mol. The van der Waals surface area contributed by atoms with Crippen LogP contribution in [0.1, 0.15) is 51.2 Å². The van der Waals surface area contributed by atoms with Gasteiger partial charge in [0.15, 0.2) is 0 Å². The lowest BCUT2D eigenvalue weighted by Gasteiger charge is -2.24. The van der Waals surface area contributed by atoms with Crippen LogP contribution in [-0.4, -0.2) is 23.1 Å². The van der Waals surface area contributed by atoms with Gasteiger partial charge in [0, 0.05) is 18.3 Å². The third-order valence-electron chi connectivity index (χ3n) is 3.88. The van der Waals surface area contributed by atoms with Gasteiger partial charge in [0.05, 0.1) is 0 Å². The summed E-state index contributed by atoms with van der Waals surface area (Å²) in [5.74, 6) is 3.13. The molecule has 0 amide bonds. The second-order valence-corrected chi connectivity index (χ2v) is 7.02. The van der Waals surface area contributed by atoms with Crippen LogP contribution in [0.4, 0.5) is 0 Å². The fourth-order valence-corrected chi connectivity index (χ4v) is 2.84. The number of aryl methyl sites for hydroxylation is 1. The molecule has 0 bridgehead atoms. The first kappa shape index (κ1) is 15.4. The molecule has 1 aromatic rings. The first-order chi connectivity index (χ1) is 9.54. The molecule has 1 atom stereocenters. The van der Waals surface area contributed by atoms with Crippen LogP contribution in [0, 0.1) is 17.8 Å². The van der Waals surface area contributed by atoms with Gasteiger partial charge in [-0.05, 0) is 55.7 Å². The van der Waals surface area contributed by atoms with E-state index in [1.54, 1.807) is 0 Å².